The van der Waals surface area contributed by atoms with Crippen molar-refractivity contribution in [1.82, 2.24) is 10.3 Å². The second-order valence-electron chi connectivity index (χ2n) is 6.41. The Morgan fingerprint density at radius 3 is 2.14 bits per heavy atom. The summed E-state index contributed by atoms with van der Waals surface area (Å²) in [5.74, 6) is 0. The number of anilines is 1. The Balaban J connectivity index is 1.59. The van der Waals surface area contributed by atoms with Crippen LogP contribution in [0, 0.1) is 6.92 Å². The van der Waals surface area contributed by atoms with Gasteiger partial charge in [0.2, 0.25) is 0 Å². The van der Waals surface area contributed by atoms with E-state index in [2.05, 4.69) is 15.6 Å². The molecular formula is C22H18ClN3OS. The lowest BCUT2D eigenvalue weighted by Gasteiger charge is -2.19. The normalized spacial score (nSPS) is 11.0. The summed E-state index contributed by atoms with van der Waals surface area (Å²) in [6, 6.07) is 23.0. The third kappa shape index (κ3) is 3.86. The van der Waals surface area contributed by atoms with Gasteiger partial charge in [-0.15, -0.1) is 0 Å². The number of fused-ring (bicyclic) bond motifs is 1. The molecule has 0 aliphatic rings. The highest BCUT2D eigenvalue weighted by Gasteiger charge is 2.18. The van der Waals surface area contributed by atoms with E-state index in [9.17, 15) is 4.79 Å². The minimum atomic E-state index is -0.314. The molecule has 0 radical (unpaired) electrons. The van der Waals surface area contributed by atoms with Gasteiger partial charge in [-0.05, 0) is 29.7 Å². The monoisotopic (exact) mass is 407 g/mol. The quantitative estimate of drug-likeness (QED) is 0.425. The van der Waals surface area contributed by atoms with Crippen molar-refractivity contribution in [3.8, 4) is 0 Å². The van der Waals surface area contributed by atoms with Crippen molar-refractivity contribution < 1.29 is 4.79 Å². The van der Waals surface area contributed by atoms with E-state index in [1.807, 2.05) is 79.7 Å². The Kier molecular flexibility index (Phi) is 5.28. The first-order chi connectivity index (χ1) is 13.6. The first kappa shape index (κ1) is 18.5. The molecule has 0 saturated heterocycles. The van der Waals surface area contributed by atoms with Crippen molar-refractivity contribution in [2.75, 3.05) is 5.32 Å². The van der Waals surface area contributed by atoms with Gasteiger partial charge in [0.15, 0.2) is 5.13 Å². The van der Waals surface area contributed by atoms with Crippen LogP contribution in [-0.4, -0.2) is 11.0 Å². The predicted molar refractivity (Wildman–Crippen MR) is 116 cm³/mol. The maximum Gasteiger partial charge on any atom is 0.321 e. The third-order valence-corrected chi connectivity index (χ3v) is 5.89. The fraction of sp³-hybridized carbons (Fsp3) is 0.0909. The average molecular weight is 408 g/mol. The largest absolute Gasteiger partial charge is 0.327 e. The van der Waals surface area contributed by atoms with Crippen molar-refractivity contribution in [1.29, 1.82) is 0 Å². The number of urea groups is 1. The standard InChI is InChI=1S/C22H18ClN3OS/c1-14-12-13-17(23)20-18(14)25-22(28-20)26-21(27)24-19(15-8-4-2-5-9-15)16-10-6-3-7-11-16/h2-13,19H,1H3,(H2,24,25,26,27). The molecule has 140 valence electrons. The van der Waals surface area contributed by atoms with Crippen LogP contribution < -0.4 is 10.6 Å². The van der Waals surface area contributed by atoms with Gasteiger partial charge in [0.1, 0.15) is 0 Å². The van der Waals surface area contributed by atoms with Crippen LogP contribution in [-0.2, 0) is 0 Å². The molecule has 1 heterocycles. The summed E-state index contributed by atoms with van der Waals surface area (Å²) in [6.45, 7) is 1.98. The smallest absolute Gasteiger partial charge is 0.321 e. The zero-order valence-electron chi connectivity index (χ0n) is 15.1. The van der Waals surface area contributed by atoms with E-state index >= 15 is 0 Å². The zero-order valence-corrected chi connectivity index (χ0v) is 16.7. The molecule has 2 N–H and O–H groups in total. The van der Waals surface area contributed by atoms with Crippen molar-refractivity contribution in [2.45, 2.75) is 13.0 Å². The van der Waals surface area contributed by atoms with Crippen molar-refractivity contribution in [3.05, 3.63) is 94.5 Å². The molecule has 28 heavy (non-hydrogen) atoms. The summed E-state index contributed by atoms with van der Waals surface area (Å²) >= 11 is 7.64. The Hall–Kier alpha value is -2.89. The highest BCUT2D eigenvalue weighted by atomic mass is 35.5. The second kappa shape index (κ2) is 8.00. The molecule has 0 aliphatic carbocycles. The van der Waals surface area contributed by atoms with Crippen LogP contribution in [0.4, 0.5) is 9.93 Å². The van der Waals surface area contributed by atoms with Gasteiger partial charge in [0, 0.05) is 0 Å². The molecule has 4 nitrogen and oxygen atoms in total. The lowest BCUT2D eigenvalue weighted by molar-refractivity contribution is 0.250. The van der Waals surface area contributed by atoms with Gasteiger partial charge in [0.05, 0.1) is 21.3 Å². The van der Waals surface area contributed by atoms with Gasteiger partial charge in [-0.2, -0.15) is 0 Å². The summed E-state index contributed by atoms with van der Waals surface area (Å²) in [5, 5.41) is 7.06. The number of carbonyl (C=O) groups is 1. The Morgan fingerprint density at radius 1 is 0.964 bits per heavy atom. The number of thiazole rings is 1. The molecule has 3 aromatic carbocycles. The number of aryl methyl sites for hydroxylation is 1. The van der Waals surface area contributed by atoms with Crippen molar-refractivity contribution in [3.63, 3.8) is 0 Å². The van der Waals surface area contributed by atoms with Crippen molar-refractivity contribution in [2.24, 2.45) is 0 Å². The first-order valence-corrected chi connectivity index (χ1v) is 10.0. The molecule has 0 atom stereocenters. The number of hydrogen-bond acceptors (Lipinski definition) is 3. The minimum absolute atomic E-state index is 0.262. The second-order valence-corrected chi connectivity index (χ2v) is 7.82. The number of nitrogens with one attached hydrogen (secondary N) is 2. The zero-order chi connectivity index (χ0) is 19.5. The number of aromatic nitrogens is 1. The maximum atomic E-state index is 12.7. The van der Waals surface area contributed by atoms with Gasteiger partial charge in [-0.25, -0.2) is 9.78 Å². The Morgan fingerprint density at radius 2 is 1.57 bits per heavy atom. The van der Waals surface area contributed by atoms with Crippen LogP contribution in [0.2, 0.25) is 5.02 Å². The molecule has 4 rings (SSSR count). The van der Waals surface area contributed by atoms with E-state index in [0.29, 0.717) is 10.2 Å². The van der Waals surface area contributed by atoms with Crippen LogP contribution in [0.15, 0.2) is 72.8 Å². The Labute approximate surface area is 172 Å². The van der Waals surface area contributed by atoms with Gasteiger partial charge < -0.3 is 5.32 Å². The van der Waals surface area contributed by atoms with Gasteiger partial charge in [-0.3, -0.25) is 5.32 Å². The van der Waals surface area contributed by atoms with E-state index in [1.165, 1.54) is 11.3 Å². The summed E-state index contributed by atoms with van der Waals surface area (Å²) in [5.41, 5.74) is 3.85. The molecule has 0 unspecified atom stereocenters. The summed E-state index contributed by atoms with van der Waals surface area (Å²) in [4.78, 5) is 17.3. The fourth-order valence-electron chi connectivity index (χ4n) is 3.07. The van der Waals surface area contributed by atoms with Crippen LogP contribution in [0.5, 0.6) is 0 Å². The van der Waals surface area contributed by atoms with Crippen LogP contribution in [0.1, 0.15) is 22.7 Å². The number of hydrogen-bond donors (Lipinski definition) is 2. The van der Waals surface area contributed by atoms with Crippen LogP contribution in [0.3, 0.4) is 0 Å². The summed E-state index contributed by atoms with van der Waals surface area (Å²) in [6.07, 6.45) is 0. The van der Waals surface area contributed by atoms with Gasteiger partial charge in [0.25, 0.3) is 0 Å². The number of halogens is 1. The highest BCUT2D eigenvalue weighted by molar-refractivity contribution is 7.23. The van der Waals surface area contributed by atoms with E-state index < -0.39 is 0 Å². The number of carbonyl (C=O) groups excluding carboxylic acids is 1. The molecule has 2 amide bonds. The van der Waals surface area contributed by atoms with E-state index in [0.717, 1.165) is 26.9 Å². The fourth-order valence-corrected chi connectivity index (χ4v) is 4.28. The van der Waals surface area contributed by atoms with Gasteiger partial charge in [-0.1, -0.05) is 89.7 Å². The van der Waals surface area contributed by atoms with Crippen LogP contribution in [0.25, 0.3) is 10.2 Å². The number of benzene rings is 3. The topological polar surface area (TPSA) is 54.0 Å². The minimum Gasteiger partial charge on any atom is -0.327 e. The third-order valence-electron chi connectivity index (χ3n) is 4.46. The SMILES string of the molecule is Cc1ccc(Cl)c2sc(NC(=O)NC(c3ccccc3)c3ccccc3)nc12. The van der Waals surface area contributed by atoms with Crippen LogP contribution >= 0.6 is 22.9 Å². The van der Waals surface area contributed by atoms with E-state index in [4.69, 9.17) is 11.6 Å². The van der Waals surface area contributed by atoms with Gasteiger partial charge >= 0.3 is 6.03 Å². The molecule has 1 aromatic heterocycles. The summed E-state index contributed by atoms with van der Waals surface area (Å²) in [7, 11) is 0. The molecule has 0 aliphatic heterocycles. The number of nitrogens with zero attached hydrogens (tertiary/aromatic N) is 1. The van der Waals surface area contributed by atoms with E-state index in [1.54, 1.807) is 0 Å². The van der Waals surface area contributed by atoms with Crippen molar-refractivity contribution >= 4 is 44.3 Å². The maximum absolute atomic E-state index is 12.7. The average Bonchev–Trinajstić information content (AvgIpc) is 3.15. The predicted octanol–water partition coefficient (Wildman–Crippen LogP) is 6.17. The molecule has 6 heteroatoms. The molecule has 0 saturated carbocycles. The molecule has 0 bridgehead atoms. The summed E-state index contributed by atoms with van der Waals surface area (Å²) < 4.78 is 0.875. The molecular weight excluding hydrogens is 390 g/mol. The van der Waals surface area contributed by atoms with E-state index in [-0.39, 0.29) is 12.1 Å². The number of rotatable bonds is 4. The molecule has 4 aromatic rings. The molecule has 0 fully saturated rings. The Bertz CT molecular complexity index is 1030. The lowest BCUT2D eigenvalue weighted by atomic mass is 9.99. The lowest BCUT2D eigenvalue weighted by Crippen LogP contribution is -2.33. The first-order valence-electron chi connectivity index (χ1n) is 8.85. The number of amides is 2. The highest BCUT2D eigenvalue weighted by Crippen LogP contribution is 2.34. The molecule has 0 spiro atoms.